The third kappa shape index (κ3) is 2.91. The van der Waals surface area contributed by atoms with Gasteiger partial charge in [0.1, 0.15) is 5.78 Å². The first-order valence-corrected chi connectivity index (χ1v) is 7.22. The Morgan fingerprint density at radius 1 is 1.39 bits per heavy atom. The number of ketones is 1. The molecule has 0 aromatic heterocycles. The van der Waals surface area contributed by atoms with Crippen LogP contribution in [0.15, 0.2) is 24.3 Å². The molecule has 3 nitrogen and oxygen atoms in total. The third-order valence-corrected chi connectivity index (χ3v) is 4.21. The van der Waals surface area contributed by atoms with E-state index in [1.165, 1.54) is 0 Å². The number of hydrogen-bond acceptors (Lipinski definition) is 2. The van der Waals surface area contributed by atoms with Crippen molar-refractivity contribution in [3.8, 4) is 0 Å². The fourth-order valence-corrected chi connectivity index (χ4v) is 3.05. The Balaban J connectivity index is 2.18. The van der Waals surface area contributed by atoms with Crippen molar-refractivity contribution in [2.45, 2.75) is 32.2 Å². The molecule has 0 radical (unpaired) electrons. The minimum atomic E-state index is 0.0590. The molecule has 0 bridgehead atoms. The van der Waals surface area contributed by atoms with E-state index in [4.69, 9.17) is 0 Å². The van der Waals surface area contributed by atoms with Gasteiger partial charge in [-0.05, 0) is 54.5 Å². The maximum Gasteiger partial charge on any atom is 0.255 e. The summed E-state index contributed by atoms with van der Waals surface area (Å²) in [5.74, 6) is 0.214. The van der Waals surface area contributed by atoms with Crippen LogP contribution in [0.1, 0.15) is 36.5 Å². The molecular formula is C14H16INO2. The molecule has 1 aromatic carbocycles. The van der Waals surface area contributed by atoms with Gasteiger partial charge in [-0.25, -0.2) is 0 Å². The molecule has 1 aliphatic rings. The van der Waals surface area contributed by atoms with Gasteiger partial charge in [-0.3, -0.25) is 9.59 Å². The number of likely N-dealkylation sites (tertiary alicyclic amines) is 1. The van der Waals surface area contributed by atoms with Crippen molar-refractivity contribution in [1.82, 2.24) is 4.90 Å². The van der Waals surface area contributed by atoms with Crippen LogP contribution in [0.5, 0.6) is 0 Å². The van der Waals surface area contributed by atoms with Crippen LogP contribution in [0.2, 0.25) is 0 Å². The summed E-state index contributed by atoms with van der Waals surface area (Å²) < 4.78 is 0.966. The Bertz CT molecular complexity index is 473. The number of nitrogens with zero attached hydrogens (tertiary/aromatic N) is 1. The van der Waals surface area contributed by atoms with Crippen molar-refractivity contribution in [2.24, 2.45) is 0 Å². The summed E-state index contributed by atoms with van der Waals surface area (Å²) in [6.07, 6.45) is 2.41. The van der Waals surface area contributed by atoms with E-state index < -0.39 is 0 Å². The fourth-order valence-electron chi connectivity index (χ4n) is 2.44. The quantitative estimate of drug-likeness (QED) is 0.781. The van der Waals surface area contributed by atoms with Crippen LogP contribution in [0.4, 0.5) is 0 Å². The molecule has 1 aromatic rings. The highest BCUT2D eigenvalue weighted by atomic mass is 127. The van der Waals surface area contributed by atoms with E-state index in [1.807, 2.05) is 29.2 Å². The van der Waals surface area contributed by atoms with Gasteiger partial charge < -0.3 is 4.90 Å². The maximum absolute atomic E-state index is 12.5. The zero-order chi connectivity index (χ0) is 13.1. The van der Waals surface area contributed by atoms with Gasteiger partial charge in [0.25, 0.3) is 5.91 Å². The summed E-state index contributed by atoms with van der Waals surface area (Å²) in [5, 5.41) is 0. The van der Waals surface area contributed by atoms with Crippen LogP contribution in [-0.2, 0) is 4.79 Å². The molecule has 1 fully saturated rings. The second-order valence-corrected chi connectivity index (χ2v) is 5.84. The highest BCUT2D eigenvalue weighted by Crippen LogP contribution is 2.24. The van der Waals surface area contributed by atoms with Crippen molar-refractivity contribution < 1.29 is 9.59 Å². The first-order valence-electron chi connectivity index (χ1n) is 6.14. The SMILES string of the molecule is CC(=O)CC1CCCN1C(=O)c1ccccc1I. The number of halogens is 1. The molecule has 1 aliphatic heterocycles. The molecule has 1 atom stereocenters. The minimum absolute atomic E-state index is 0.0590. The van der Waals surface area contributed by atoms with Crippen molar-refractivity contribution in [1.29, 1.82) is 0 Å². The van der Waals surface area contributed by atoms with Crippen molar-refractivity contribution in [2.75, 3.05) is 6.54 Å². The predicted molar refractivity (Wildman–Crippen MR) is 78.5 cm³/mol. The lowest BCUT2D eigenvalue weighted by Crippen LogP contribution is -2.36. The number of amides is 1. The molecule has 1 unspecified atom stereocenters. The Morgan fingerprint density at radius 2 is 2.11 bits per heavy atom. The first-order chi connectivity index (χ1) is 8.59. The molecule has 18 heavy (non-hydrogen) atoms. The molecule has 2 rings (SSSR count). The predicted octanol–water partition coefficient (Wildman–Crippen LogP) is 2.87. The Hall–Kier alpha value is -0.910. The van der Waals surface area contributed by atoms with Gasteiger partial charge in [-0.1, -0.05) is 12.1 Å². The highest BCUT2D eigenvalue weighted by molar-refractivity contribution is 14.1. The summed E-state index contributed by atoms with van der Waals surface area (Å²) in [7, 11) is 0. The van der Waals surface area contributed by atoms with Gasteiger partial charge >= 0.3 is 0 Å². The molecule has 1 heterocycles. The van der Waals surface area contributed by atoms with E-state index >= 15 is 0 Å². The third-order valence-electron chi connectivity index (χ3n) is 3.27. The van der Waals surface area contributed by atoms with Gasteiger partial charge in [0.2, 0.25) is 0 Å². The van der Waals surface area contributed by atoms with Gasteiger partial charge in [-0.15, -0.1) is 0 Å². The van der Waals surface area contributed by atoms with E-state index in [-0.39, 0.29) is 17.7 Å². The van der Waals surface area contributed by atoms with E-state index in [1.54, 1.807) is 6.92 Å². The lowest BCUT2D eigenvalue weighted by Gasteiger charge is -2.24. The van der Waals surface area contributed by atoms with Crippen LogP contribution in [0.3, 0.4) is 0 Å². The van der Waals surface area contributed by atoms with Crippen LogP contribution in [0, 0.1) is 3.57 Å². The number of rotatable bonds is 3. The minimum Gasteiger partial charge on any atom is -0.335 e. The lowest BCUT2D eigenvalue weighted by molar-refractivity contribution is -0.117. The summed E-state index contributed by atoms with van der Waals surface area (Å²) in [5.41, 5.74) is 0.744. The Morgan fingerprint density at radius 3 is 2.78 bits per heavy atom. The number of benzene rings is 1. The zero-order valence-corrected chi connectivity index (χ0v) is 12.5. The smallest absolute Gasteiger partial charge is 0.255 e. The molecule has 0 aliphatic carbocycles. The summed E-state index contributed by atoms with van der Waals surface area (Å²) in [6.45, 7) is 2.36. The molecule has 0 spiro atoms. The lowest BCUT2D eigenvalue weighted by atomic mass is 10.1. The molecule has 4 heteroatoms. The number of carbonyl (C=O) groups is 2. The molecule has 1 saturated heterocycles. The molecule has 0 N–H and O–H groups in total. The largest absolute Gasteiger partial charge is 0.335 e. The Kier molecular flexibility index (Phi) is 4.37. The first kappa shape index (κ1) is 13.5. The standard InChI is InChI=1S/C14H16INO2/c1-10(17)9-11-5-4-8-16(11)14(18)12-6-2-3-7-13(12)15/h2-3,6-7,11H,4-5,8-9H2,1H3. The van der Waals surface area contributed by atoms with Gasteiger partial charge in [0.05, 0.1) is 5.56 Å². The monoisotopic (exact) mass is 357 g/mol. The maximum atomic E-state index is 12.5. The van der Waals surface area contributed by atoms with E-state index in [2.05, 4.69) is 22.6 Å². The summed E-state index contributed by atoms with van der Waals surface area (Å²) in [6, 6.07) is 7.68. The highest BCUT2D eigenvalue weighted by Gasteiger charge is 2.30. The normalized spacial score (nSPS) is 19.0. The zero-order valence-electron chi connectivity index (χ0n) is 10.4. The topological polar surface area (TPSA) is 37.4 Å². The van der Waals surface area contributed by atoms with Gasteiger partial charge in [0, 0.05) is 22.6 Å². The van der Waals surface area contributed by atoms with Crippen molar-refractivity contribution >= 4 is 34.3 Å². The summed E-state index contributed by atoms with van der Waals surface area (Å²) in [4.78, 5) is 25.6. The van der Waals surface area contributed by atoms with E-state index in [0.717, 1.165) is 28.5 Å². The summed E-state index contributed by atoms with van der Waals surface area (Å²) >= 11 is 2.18. The molecule has 0 saturated carbocycles. The second kappa shape index (κ2) is 5.82. The Labute approximate surface area is 121 Å². The molecular weight excluding hydrogens is 341 g/mol. The average molecular weight is 357 g/mol. The molecule has 96 valence electrons. The number of carbonyl (C=O) groups excluding carboxylic acids is 2. The molecule has 1 amide bonds. The van der Waals surface area contributed by atoms with Crippen LogP contribution in [0.25, 0.3) is 0 Å². The number of Topliss-reactive ketones (excluding diaryl/α,β-unsaturated/α-hetero) is 1. The van der Waals surface area contributed by atoms with Gasteiger partial charge in [0.15, 0.2) is 0 Å². The van der Waals surface area contributed by atoms with Crippen molar-refractivity contribution in [3.05, 3.63) is 33.4 Å². The van der Waals surface area contributed by atoms with Gasteiger partial charge in [-0.2, -0.15) is 0 Å². The second-order valence-electron chi connectivity index (χ2n) is 4.68. The van der Waals surface area contributed by atoms with Crippen molar-refractivity contribution in [3.63, 3.8) is 0 Å². The fraction of sp³-hybridized carbons (Fsp3) is 0.429. The van der Waals surface area contributed by atoms with E-state index in [9.17, 15) is 9.59 Å². The van der Waals surface area contributed by atoms with E-state index in [0.29, 0.717) is 6.42 Å². The van der Waals surface area contributed by atoms with Crippen LogP contribution in [-0.4, -0.2) is 29.2 Å². The number of hydrogen-bond donors (Lipinski definition) is 0. The van der Waals surface area contributed by atoms with Crippen LogP contribution < -0.4 is 0 Å². The van der Waals surface area contributed by atoms with Crippen LogP contribution >= 0.6 is 22.6 Å². The average Bonchev–Trinajstić information content (AvgIpc) is 2.76.